The van der Waals surface area contributed by atoms with Gasteiger partial charge in [-0.15, -0.1) is 0 Å². The van der Waals surface area contributed by atoms with Crippen LogP contribution in [-0.2, 0) is 11.3 Å². The molecule has 0 spiro atoms. The van der Waals surface area contributed by atoms with E-state index in [2.05, 4.69) is 17.9 Å². The van der Waals surface area contributed by atoms with Crippen molar-refractivity contribution in [2.75, 3.05) is 32.8 Å². The zero-order chi connectivity index (χ0) is 16.2. The molecule has 3 heterocycles. The minimum Gasteiger partial charge on any atom is -0.389 e. The first kappa shape index (κ1) is 16.7. The van der Waals surface area contributed by atoms with Gasteiger partial charge in [-0.05, 0) is 24.8 Å². The van der Waals surface area contributed by atoms with Gasteiger partial charge in [-0.3, -0.25) is 9.69 Å². The van der Waals surface area contributed by atoms with Crippen LogP contribution in [0.15, 0.2) is 23.0 Å². The summed E-state index contributed by atoms with van der Waals surface area (Å²) in [5.74, 6) is 0.916. The fourth-order valence-corrected chi connectivity index (χ4v) is 3.96. The first-order chi connectivity index (χ1) is 11.2. The Labute approximate surface area is 137 Å². The molecule has 0 unspecified atom stereocenters. The highest BCUT2D eigenvalue weighted by Gasteiger charge is 2.34. The number of ether oxygens (including phenoxy) is 1. The summed E-state index contributed by atoms with van der Waals surface area (Å²) in [6.07, 6.45) is 2.89. The third-order valence-corrected chi connectivity index (χ3v) is 4.98. The standard InChI is InChI=1S/C18H28N2O3/c1-2-3-7-23-13-16(21)12-19-9-14-8-15(11-19)17-5-4-6-18(22)20(17)10-14/h4-6,14-16,21H,2-3,7-13H2,1H3/t14-,15-,16+/m1/s1. The number of likely N-dealkylation sites (tertiary alicyclic amines) is 1. The summed E-state index contributed by atoms with van der Waals surface area (Å²) in [4.78, 5) is 14.4. The fraction of sp³-hybridized carbons (Fsp3) is 0.722. The Morgan fingerprint density at radius 2 is 2.22 bits per heavy atom. The molecule has 1 saturated heterocycles. The summed E-state index contributed by atoms with van der Waals surface area (Å²) >= 11 is 0. The van der Waals surface area contributed by atoms with Crippen molar-refractivity contribution in [3.05, 3.63) is 34.2 Å². The van der Waals surface area contributed by atoms with Crippen molar-refractivity contribution in [3.8, 4) is 0 Å². The van der Waals surface area contributed by atoms with Crippen molar-refractivity contribution in [2.24, 2.45) is 5.92 Å². The first-order valence-corrected chi connectivity index (χ1v) is 8.85. The van der Waals surface area contributed by atoms with Gasteiger partial charge in [0.2, 0.25) is 0 Å². The highest BCUT2D eigenvalue weighted by molar-refractivity contribution is 5.16. The number of pyridine rings is 1. The maximum absolute atomic E-state index is 12.0. The SMILES string of the molecule is CCCCOC[C@@H](O)CN1C[C@H]2C[C@H](C1)c1cccc(=O)n1C2. The topological polar surface area (TPSA) is 54.7 Å². The molecule has 1 N–H and O–H groups in total. The van der Waals surface area contributed by atoms with Gasteiger partial charge in [0, 0.05) is 50.5 Å². The molecule has 23 heavy (non-hydrogen) atoms. The lowest BCUT2D eigenvalue weighted by Crippen LogP contribution is -2.49. The van der Waals surface area contributed by atoms with Gasteiger partial charge in [-0.25, -0.2) is 0 Å². The van der Waals surface area contributed by atoms with Crippen LogP contribution in [0, 0.1) is 5.92 Å². The van der Waals surface area contributed by atoms with Crippen molar-refractivity contribution in [1.29, 1.82) is 0 Å². The third-order valence-electron chi connectivity index (χ3n) is 4.98. The Bertz CT molecular complexity index is 572. The van der Waals surface area contributed by atoms with Crippen molar-refractivity contribution in [1.82, 2.24) is 9.47 Å². The summed E-state index contributed by atoms with van der Waals surface area (Å²) < 4.78 is 7.47. The monoisotopic (exact) mass is 320 g/mol. The Balaban J connectivity index is 1.56. The molecule has 128 valence electrons. The van der Waals surface area contributed by atoms with E-state index in [0.717, 1.165) is 51.2 Å². The van der Waals surface area contributed by atoms with E-state index in [0.29, 0.717) is 25.0 Å². The van der Waals surface area contributed by atoms with Crippen LogP contribution in [0.4, 0.5) is 0 Å². The highest BCUT2D eigenvalue weighted by Crippen LogP contribution is 2.34. The molecule has 0 amide bonds. The Morgan fingerprint density at radius 3 is 3.04 bits per heavy atom. The number of hydrogen-bond acceptors (Lipinski definition) is 4. The van der Waals surface area contributed by atoms with Gasteiger partial charge in [0.15, 0.2) is 0 Å². The number of piperidine rings is 1. The smallest absolute Gasteiger partial charge is 0.250 e. The second-order valence-corrected chi connectivity index (χ2v) is 7.00. The van der Waals surface area contributed by atoms with Crippen molar-refractivity contribution >= 4 is 0 Å². The summed E-state index contributed by atoms with van der Waals surface area (Å²) in [6, 6.07) is 5.60. The molecular formula is C18H28N2O3. The molecule has 0 aromatic carbocycles. The number of unbranched alkanes of at least 4 members (excludes halogenated alkanes) is 1. The number of hydrogen-bond donors (Lipinski definition) is 1. The summed E-state index contributed by atoms with van der Waals surface area (Å²) in [7, 11) is 0. The minimum absolute atomic E-state index is 0.120. The molecule has 5 heteroatoms. The first-order valence-electron chi connectivity index (χ1n) is 8.85. The van der Waals surface area contributed by atoms with E-state index in [1.165, 1.54) is 0 Å². The van der Waals surface area contributed by atoms with Crippen LogP contribution in [0.2, 0.25) is 0 Å². The van der Waals surface area contributed by atoms with Gasteiger partial charge < -0.3 is 14.4 Å². The zero-order valence-electron chi connectivity index (χ0n) is 14.0. The van der Waals surface area contributed by atoms with Gasteiger partial charge in [0.1, 0.15) is 0 Å². The van der Waals surface area contributed by atoms with Crippen molar-refractivity contribution in [2.45, 2.75) is 44.8 Å². The Hall–Kier alpha value is -1.17. The van der Waals surface area contributed by atoms with Crippen LogP contribution in [-0.4, -0.2) is 53.5 Å². The second-order valence-electron chi connectivity index (χ2n) is 7.00. The molecule has 5 nitrogen and oxygen atoms in total. The minimum atomic E-state index is -0.427. The lowest BCUT2D eigenvalue weighted by Gasteiger charge is -2.43. The normalized spacial score (nSPS) is 25.1. The summed E-state index contributed by atoms with van der Waals surface area (Å²) in [5, 5.41) is 10.2. The molecule has 1 fully saturated rings. The number of β-amino-alcohol motifs (C(OH)–C–C–N with tert-alkyl or cyclic N) is 1. The lowest BCUT2D eigenvalue weighted by atomic mass is 9.83. The highest BCUT2D eigenvalue weighted by atomic mass is 16.5. The maximum atomic E-state index is 12.0. The number of aliphatic hydroxyl groups is 1. The number of aliphatic hydroxyl groups excluding tert-OH is 1. The molecule has 2 aliphatic heterocycles. The van der Waals surface area contributed by atoms with Gasteiger partial charge in [-0.1, -0.05) is 19.4 Å². The van der Waals surface area contributed by atoms with Crippen LogP contribution in [0.3, 0.4) is 0 Å². The van der Waals surface area contributed by atoms with E-state index in [9.17, 15) is 9.90 Å². The Kier molecular flexibility index (Phi) is 5.51. The quantitative estimate of drug-likeness (QED) is 0.773. The number of nitrogens with zero attached hydrogens (tertiary/aromatic N) is 2. The van der Waals surface area contributed by atoms with E-state index in [1.54, 1.807) is 6.07 Å². The molecule has 0 aliphatic carbocycles. The summed E-state index contributed by atoms with van der Waals surface area (Å²) in [5.41, 5.74) is 1.28. The molecule has 0 saturated carbocycles. The molecule has 3 rings (SSSR count). The van der Waals surface area contributed by atoms with E-state index >= 15 is 0 Å². The molecule has 1 aromatic heterocycles. The largest absolute Gasteiger partial charge is 0.389 e. The fourth-order valence-electron chi connectivity index (χ4n) is 3.96. The molecule has 2 aliphatic rings. The predicted octanol–water partition coefficient (Wildman–Crippen LogP) is 1.44. The maximum Gasteiger partial charge on any atom is 0.250 e. The average molecular weight is 320 g/mol. The van der Waals surface area contributed by atoms with E-state index in [4.69, 9.17) is 4.74 Å². The van der Waals surface area contributed by atoms with E-state index < -0.39 is 6.10 Å². The van der Waals surface area contributed by atoms with Crippen LogP contribution in [0.5, 0.6) is 0 Å². The van der Waals surface area contributed by atoms with E-state index in [1.807, 2.05) is 10.6 Å². The molecular weight excluding hydrogens is 292 g/mol. The van der Waals surface area contributed by atoms with Crippen LogP contribution in [0.25, 0.3) is 0 Å². The van der Waals surface area contributed by atoms with Crippen LogP contribution >= 0.6 is 0 Å². The molecule has 0 radical (unpaired) electrons. The van der Waals surface area contributed by atoms with E-state index in [-0.39, 0.29) is 5.56 Å². The predicted molar refractivity (Wildman–Crippen MR) is 89.7 cm³/mol. The molecule has 3 atom stereocenters. The third kappa shape index (κ3) is 4.03. The van der Waals surface area contributed by atoms with Gasteiger partial charge in [-0.2, -0.15) is 0 Å². The number of fused-ring (bicyclic) bond motifs is 4. The lowest BCUT2D eigenvalue weighted by molar-refractivity contribution is 0.00227. The van der Waals surface area contributed by atoms with Gasteiger partial charge in [0.05, 0.1) is 12.7 Å². The average Bonchev–Trinajstić information content (AvgIpc) is 2.53. The zero-order valence-corrected chi connectivity index (χ0v) is 14.0. The molecule has 1 aromatic rings. The van der Waals surface area contributed by atoms with Gasteiger partial charge >= 0.3 is 0 Å². The van der Waals surface area contributed by atoms with Crippen LogP contribution in [0.1, 0.15) is 37.8 Å². The molecule has 2 bridgehead atoms. The number of rotatable bonds is 7. The van der Waals surface area contributed by atoms with Gasteiger partial charge in [0.25, 0.3) is 5.56 Å². The van der Waals surface area contributed by atoms with Crippen LogP contribution < -0.4 is 5.56 Å². The number of aromatic nitrogens is 1. The van der Waals surface area contributed by atoms with Crippen molar-refractivity contribution in [3.63, 3.8) is 0 Å². The van der Waals surface area contributed by atoms with Crippen molar-refractivity contribution < 1.29 is 9.84 Å². The second kappa shape index (κ2) is 7.60. The summed E-state index contributed by atoms with van der Waals surface area (Å²) in [6.45, 7) is 6.64. The Morgan fingerprint density at radius 1 is 1.35 bits per heavy atom.